The van der Waals surface area contributed by atoms with Crippen LogP contribution in [0.5, 0.6) is 0 Å². The first-order valence-electron chi connectivity index (χ1n) is 5.81. The molecule has 0 radical (unpaired) electrons. The Balaban J connectivity index is 2.76. The molecule has 0 fully saturated rings. The molecule has 0 aliphatic rings. The number of nitrogens with one attached hydrogen (secondary N) is 1. The van der Waals surface area contributed by atoms with Crippen molar-refractivity contribution in [3.63, 3.8) is 0 Å². The number of aryl methyl sites for hydroxylation is 1. The van der Waals surface area contributed by atoms with Crippen molar-refractivity contribution in [2.45, 2.75) is 26.2 Å². The van der Waals surface area contributed by atoms with Crippen LogP contribution in [-0.2, 0) is 19.3 Å². The number of aromatic nitrogens is 1. The van der Waals surface area contributed by atoms with E-state index in [1.165, 1.54) is 6.07 Å². The predicted molar refractivity (Wildman–Crippen MR) is 65.4 cm³/mol. The maximum atomic E-state index is 13.0. The van der Waals surface area contributed by atoms with E-state index in [-0.39, 0.29) is 0 Å². The van der Waals surface area contributed by atoms with Gasteiger partial charge in [0.15, 0.2) is 0 Å². The lowest BCUT2D eigenvalue weighted by molar-refractivity contribution is -0.136. The van der Waals surface area contributed by atoms with Gasteiger partial charge in [-0.25, -0.2) is 0 Å². The molecule has 1 aromatic carbocycles. The van der Waals surface area contributed by atoms with Crippen LogP contribution in [0, 0.1) is 0 Å². The lowest BCUT2D eigenvalue weighted by Gasteiger charge is -2.10. The van der Waals surface area contributed by atoms with Gasteiger partial charge < -0.3 is 9.88 Å². The minimum Gasteiger partial charge on any atom is -0.347 e. The van der Waals surface area contributed by atoms with Gasteiger partial charge in [0.1, 0.15) is 0 Å². The molecular weight excluding hydrogens is 241 g/mol. The summed E-state index contributed by atoms with van der Waals surface area (Å²) < 4.78 is 40.9. The maximum Gasteiger partial charge on any atom is 0.417 e. The third-order valence-electron chi connectivity index (χ3n) is 3.00. The Morgan fingerprint density at radius 1 is 1.28 bits per heavy atom. The Kier molecular flexibility index (Phi) is 3.34. The van der Waals surface area contributed by atoms with Gasteiger partial charge >= 0.3 is 6.18 Å². The number of nitrogens with zero attached hydrogens (tertiary/aromatic N) is 1. The molecule has 0 atom stereocenters. The Morgan fingerprint density at radius 2 is 2.00 bits per heavy atom. The average molecular weight is 256 g/mol. The van der Waals surface area contributed by atoms with Crippen molar-refractivity contribution in [1.82, 2.24) is 9.88 Å². The second-order valence-corrected chi connectivity index (χ2v) is 4.17. The fourth-order valence-corrected chi connectivity index (χ4v) is 2.26. The molecule has 0 amide bonds. The summed E-state index contributed by atoms with van der Waals surface area (Å²) in [6.07, 6.45) is -2.53. The molecule has 1 N–H and O–H groups in total. The van der Waals surface area contributed by atoms with E-state index in [0.717, 1.165) is 6.07 Å². The summed E-state index contributed by atoms with van der Waals surface area (Å²) in [4.78, 5) is 0. The first-order valence-corrected chi connectivity index (χ1v) is 5.81. The monoisotopic (exact) mass is 256 g/mol. The summed E-state index contributed by atoms with van der Waals surface area (Å²) in [7, 11) is 1.73. The van der Waals surface area contributed by atoms with Crippen LogP contribution < -0.4 is 5.32 Å². The van der Waals surface area contributed by atoms with Gasteiger partial charge in [-0.05, 0) is 31.7 Å². The number of hydrogen-bond acceptors (Lipinski definition) is 1. The molecule has 5 heteroatoms. The van der Waals surface area contributed by atoms with Gasteiger partial charge in [0.05, 0.1) is 5.56 Å². The van der Waals surface area contributed by atoms with Crippen LogP contribution in [0.4, 0.5) is 13.2 Å². The zero-order valence-electron chi connectivity index (χ0n) is 10.3. The second-order valence-electron chi connectivity index (χ2n) is 4.17. The molecule has 18 heavy (non-hydrogen) atoms. The lowest BCUT2D eigenvalue weighted by atomic mass is 10.1. The molecule has 1 heterocycles. The minimum absolute atomic E-state index is 0.307. The molecule has 98 valence electrons. The molecule has 0 spiro atoms. The summed E-state index contributed by atoms with van der Waals surface area (Å²) >= 11 is 0. The summed E-state index contributed by atoms with van der Waals surface area (Å²) in [5, 5.41) is 3.22. The highest BCUT2D eigenvalue weighted by Crippen LogP contribution is 2.37. The highest BCUT2D eigenvalue weighted by molar-refractivity contribution is 5.88. The summed E-state index contributed by atoms with van der Waals surface area (Å²) in [5.74, 6) is 0. The van der Waals surface area contributed by atoms with Crippen molar-refractivity contribution in [3.05, 3.63) is 35.5 Å². The predicted octanol–water partition coefficient (Wildman–Crippen LogP) is 3.40. The van der Waals surface area contributed by atoms with E-state index in [0.29, 0.717) is 29.6 Å². The van der Waals surface area contributed by atoms with Crippen molar-refractivity contribution in [1.29, 1.82) is 0 Å². The van der Waals surface area contributed by atoms with Gasteiger partial charge in [0.2, 0.25) is 0 Å². The average Bonchev–Trinajstić information content (AvgIpc) is 2.67. The van der Waals surface area contributed by atoms with E-state index in [1.807, 2.05) is 11.5 Å². The van der Waals surface area contributed by atoms with E-state index >= 15 is 0 Å². The van der Waals surface area contributed by atoms with Gasteiger partial charge in [-0.1, -0.05) is 6.07 Å². The van der Waals surface area contributed by atoms with Crippen LogP contribution in [-0.4, -0.2) is 11.6 Å². The summed E-state index contributed by atoms with van der Waals surface area (Å²) in [5.41, 5.74) is 0.761. The highest BCUT2D eigenvalue weighted by Gasteiger charge is 2.33. The molecule has 2 aromatic rings. The number of fused-ring (bicyclic) bond motifs is 1. The van der Waals surface area contributed by atoms with Gasteiger partial charge in [-0.15, -0.1) is 0 Å². The van der Waals surface area contributed by atoms with Gasteiger partial charge in [-0.2, -0.15) is 13.2 Å². The lowest BCUT2D eigenvalue weighted by Crippen LogP contribution is -2.08. The molecule has 2 nitrogen and oxygen atoms in total. The zero-order valence-corrected chi connectivity index (χ0v) is 10.3. The first kappa shape index (κ1) is 13.0. The molecule has 0 aliphatic carbocycles. The van der Waals surface area contributed by atoms with E-state index in [4.69, 9.17) is 0 Å². The standard InChI is InChI=1S/C13H15F3N2/c1-3-18-8-9(7-17-2)12-10(13(14,15)16)5-4-6-11(12)18/h4-6,8,17H,3,7H2,1-2H3. The SMILES string of the molecule is CCn1cc(CNC)c2c(C(F)(F)F)cccc21. The molecule has 0 saturated heterocycles. The van der Waals surface area contributed by atoms with Gasteiger partial charge in [0, 0.05) is 30.2 Å². The van der Waals surface area contributed by atoms with E-state index in [2.05, 4.69) is 5.32 Å². The van der Waals surface area contributed by atoms with E-state index in [9.17, 15) is 13.2 Å². The number of hydrogen-bond donors (Lipinski definition) is 1. The van der Waals surface area contributed by atoms with Crippen LogP contribution in [0.1, 0.15) is 18.1 Å². The van der Waals surface area contributed by atoms with Crippen molar-refractivity contribution in [2.24, 2.45) is 0 Å². The maximum absolute atomic E-state index is 13.0. The zero-order chi connectivity index (χ0) is 13.3. The number of halogens is 3. The van der Waals surface area contributed by atoms with Gasteiger partial charge in [0.25, 0.3) is 0 Å². The third kappa shape index (κ3) is 2.10. The van der Waals surface area contributed by atoms with Crippen LogP contribution in [0.15, 0.2) is 24.4 Å². The van der Waals surface area contributed by atoms with Crippen molar-refractivity contribution in [2.75, 3.05) is 7.05 Å². The smallest absolute Gasteiger partial charge is 0.347 e. The van der Waals surface area contributed by atoms with Crippen molar-refractivity contribution >= 4 is 10.9 Å². The van der Waals surface area contributed by atoms with Gasteiger partial charge in [-0.3, -0.25) is 0 Å². The van der Waals surface area contributed by atoms with Crippen LogP contribution in [0.25, 0.3) is 10.9 Å². The molecule has 2 rings (SSSR count). The van der Waals surface area contributed by atoms with Crippen LogP contribution in [0.2, 0.25) is 0 Å². The van der Waals surface area contributed by atoms with Crippen molar-refractivity contribution < 1.29 is 13.2 Å². The van der Waals surface area contributed by atoms with Crippen LogP contribution >= 0.6 is 0 Å². The third-order valence-corrected chi connectivity index (χ3v) is 3.00. The minimum atomic E-state index is -4.32. The topological polar surface area (TPSA) is 17.0 Å². The summed E-state index contributed by atoms with van der Waals surface area (Å²) in [6, 6.07) is 4.33. The molecule has 0 unspecified atom stereocenters. The number of rotatable bonds is 3. The Hall–Kier alpha value is -1.49. The molecule has 1 aromatic heterocycles. The summed E-state index contributed by atoms with van der Waals surface area (Å²) in [6.45, 7) is 3.00. The first-order chi connectivity index (χ1) is 8.49. The fraction of sp³-hybridized carbons (Fsp3) is 0.385. The molecule has 0 bridgehead atoms. The number of benzene rings is 1. The van der Waals surface area contributed by atoms with E-state index < -0.39 is 11.7 Å². The molecule has 0 aliphatic heterocycles. The largest absolute Gasteiger partial charge is 0.417 e. The Labute approximate surface area is 103 Å². The fourth-order valence-electron chi connectivity index (χ4n) is 2.26. The Morgan fingerprint density at radius 3 is 2.56 bits per heavy atom. The number of alkyl halides is 3. The molecular formula is C13H15F3N2. The normalized spacial score (nSPS) is 12.3. The van der Waals surface area contributed by atoms with Crippen LogP contribution in [0.3, 0.4) is 0 Å². The Bertz CT molecular complexity index is 555. The highest BCUT2D eigenvalue weighted by atomic mass is 19.4. The second kappa shape index (κ2) is 4.65. The molecule has 0 saturated carbocycles. The van der Waals surface area contributed by atoms with Crippen molar-refractivity contribution in [3.8, 4) is 0 Å². The van der Waals surface area contributed by atoms with E-state index in [1.54, 1.807) is 19.3 Å². The quantitative estimate of drug-likeness (QED) is 0.890.